The second-order valence-electron chi connectivity index (χ2n) is 3.91. The van der Waals surface area contributed by atoms with E-state index in [0.29, 0.717) is 5.75 Å². The number of carbonyl (C=O) groups excluding carboxylic acids is 1. The van der Waals surface area contributed by atoms with Crippen molar-refractivity contribution in [3.63, 3.8) is 0 Å². The van der Waals surface area contributed by atoms with Crippen molar-refractivity contribution in [2.24, 2.45) is 0 Å². The number of benzene rings is 1. The topological polar surface area (TPSA) is 29.1 Å². The molecular weight excluding hydrogens is 218 g/mol. The number of hydrogen-bond acceptors (Lipinski definition) is 2. The number of aryl methyl sites for hydroxylation is 2. The van der Waals surface area contributed by atoms with E-state index in [1.54, 1.807) is 11.8 Å². The molecule has 0 atom stereocenters. The van der Waals surface area contributed by atoms with Gasteiger partial charge >= 0.3 is 0 Å². The highest BCUT2D eigenvalue weighted by Crippen LogP contribution is 2.23. The fourth-order valence-corrected chi connectivity index (χ4v) is 2.28. The van der Waals surface area contributed by atoms with Gasteiger partial charge in [0.2, 0.25) is 5.91 Å². The van der Waals surface area contributed by atoms with Crippen LogP contribution in [0.5, 0.6) is 0 Å². The Balaban J connectivity index is 2.47. The number of nitrogens with one attached hydrogen (secondary N) is 1. The van der Waals surface area contributed by atoms with Gasteiger partial charge in [-0.05, 0) is 31.9 Å². The molecule has 0 unspecified atom stereocenters. The van der Waals surface area contributed by atoms with Gasteiger partial charge in [-0.3, -0.25) is 4.79 Å². The van der Waals surface area contributed by atoms with Crippen molar-refractivity contribution in [2.45, 2.75) is 32.1 Å². The first-order valence-corrected chi connectivity index (χ1v) is 6.58. The minimum atomic E-state index is 0.118. The average molecular weight is 237 g/mol. The maximum atomic E-state index is 11.4. The first-order chi connectivity index (χ1) is 7.63. The van der Waals surface area contributed by atoms with Gasteiger partial charge in [-0.25, -0.2) is 0 Å². The van der Waals surface area contributed by atoms with Gasteiger partial charge in [0.1, 0.15) is 0 Å². The van der Waals surface area contributed by atoms with Crippen molar-refractivity contribution in [2.75, 3.05) is 12.3 Å². The van der Waals surface area contributed by atoms with Crippen LogP contribution in [0, 0.1) is 13.8 Å². The number of amides is 1. The van der Waals surface area contributed by atoms with Crippen LogP contribution >= 0.6 is 11.8 Å². The third-order valence-electron chi connectivity index (χ3n) is 2.27. The number of rotatable bonds is 5. The summed E-state index contributed by atoms with van der Waals surface area (Å²) in [6, 6.07) is 6.32. The van der Waals surface area contributed by atoms with Crippen LogP contribution < -0.4 is 5.32 Å². The molecule has 16 heavy (non-hydrogen) atoms. The Hall–Kier alpha value is -0.960. The van der Waals surface area contributed by atoms with E-state index in [4.69, 9.17) is 0 Å². The van der Waals surface area contributed by atoms with Gasteiger partial charge in [-0.15, -0.1) is 11.8 Å². The predicted octanol–water partition coefficient (Wildman–Crippen LogP) is 2.92. The number of thioether (sulfide) groups is 1. The van der Waals surface area contributed by atoms with E-state index in [0.717, 1.165) is 13.0 Å². The van der Waals surface area contributed by atoms with Crippen molar-refractivity contribution in [1.82, 2.24) is 5.32 Å². The van der Waals surface area contributed by atoms with E-state index in [2.05, 4.69) is 44.3 Å². The summed E-state index contributed by atoms with van der Waals surface area (Å²) in [5, 5.41) is 2.88. The molecule has 0 spiro atoms. The molecule has 0 saturated carbocycles. The Morgan fingerprint density at radius 1 is 1.38 bits per heavy atom. The van der Waals surface area contributed by atoms with Gasteiger partial charge in [0.15, 0.2) is 0 Å². The summed E-state index contributed by atoms with van der Waals surface area (Å²) in [5.41, 5.74) is 2.47. The molecule has 0 fully saturated rings. The minimum absolute atomic E-state index is 0.118. The smallest absolute Gasteiger partial charge is 0.230 e. The molecule has 88 valence electrons. The largest absolute Gasteiger partial charge is 0.355 e. The van der Waals surface area contributed by atoms with Gasteiger partial charge in [-0.2, -0.15) is 0 Å². The van der Waals surface area contributed by atoms with Gasteiger partial charge in [-0.1, -0.05) is 24.6 Å². The van der Waals surface area contributed by atoms with Crippen LogP contribution in [-0.2, 0) is 4.79 Å². The summed E-state index contributed by atoms with van der Waals surface area (Å²) < 4.78 is 0. The molecular formula is C13H19NOS. The van der Waals surface area contributed by atoms with Crippen molar-refractivity contribution >= 4 is 17.7 Å². The molecule has 0 aromatic heterocycles. The second-order valence-corrected chi connectivity index (χ2v) is 4.92. The molecule has 0 aliphatic carbocycles. The molecule has 1 aromatic rings. The van der Waals surface area contributed by atoms with Crippen molar-refractivity contribution in [3.8, 4) is 0 Å². The van der Waals surface area contributed by atoms with Crippen LogP contribution in [0.15, 0.2) is 23.1 Å². The SMILES string of the molecule is CCCNC(=O)CSc1cc(C)ccc1C. The van der Waals surface area contributed by atoms with Crippen LogP contribution in [0.25, 0.3) is 0 Å². The van der Waals surface area contributed by atoms with E-state index in [1.165, 1.54) is 16.0 Å². The number of carbonyl (C=O) groups is 1. The first-order valence-electron chi connectivity index (χ1n) is 5.60. The Morgan fingerprint density at radius 3 is 2.81 bits per heavy atom. The molecule has 0 heterocycles. The van der Waals surface area contributed by atoms with Gasteiger partial charge in [0.25, 0.3) is 0 Å². The van der Waals surface area contributed by atoms with Crippen LogP contribution in [-0.4, -0.2) is 18.2 Å². The van der Waals surface area contributed by atoms with E-state index < -0.39 is 0 Å². The highest BCUT2D eigenvalue weighted by Gasteiger charge is 2.04. The maximum absolute atomic E-state index is 11.4. The Bertz CT molecular complexity index is 363. The standard InChI is InChI=1S/C13H19NOS/c1-4-7-14-13(15)9-16-12-8-10(2)5-6-11(12)3/h5-6,8H,4,7,9H2,1-3H3,(H,14,15). The summed E-state index contributed by atoms with van der Waals surface area (Å²) in [4.78, 5) is 12.6. The van der Waals surface area contributed by atoms with Crippen LogP contribution in [0.1, 0.15) is 24.5 Å². The highest BCUT2D eigenvalue weighted by molar-refractivity contribution is 8.00. The van der Waals surface area contributed by atoms with Crippen LogP contribution in [0.2, 0.25) is 0 Å². The lowest BCUT2D eigenvalue weighted by Gasteiger charge is -2.07. The van der Waals surface area contributed by atoms with Crippen LogP contribution in [0.4, 0.5) is 0 Å². The van der Waals surface area contributed by atoms with E-state index >= 15 is 0 Å². The van der Waals surface area contributed by atoms with Gasteiger partial charge in [0.05, 0.1) is 5.75 Å². The Morgan fingerprint density at radius 2 is 2.12 bits per heavy atom. The fraction of sp³-hybridized carbons (Fsp3) is 0.462. The molecule has 2 nitrogen and oxygen atoms in total. The van der Waals surface area contributed by atoms with Crippen molar-refractivity contribution in [3.05, 3.63) is 29.3 Å². The third kappa shape index (κ3) is 4.27. The summed E-state index contributed by atoms with van der Waals surface area (Å²) in [5.74, 6) is 0.623. The summed E-state index contributed by atoms with van der Waals surface area (Å²) >= 11 is 1.61. The number of hydrogen-bond donors (Lipinski definition) is 1. The molecule has 0 radical (unpaired) electrons. The molecule has 0 aliphatic heterocycles. The Kier molecular flexibility index (Phi) is 5.39. The Labute approximate surface area is 102 Å². The maximum Gasteiger partial charge on any atom is 0.230 e. The minimum Gasteiger partial charge on any atom is -0.355 e. The molecule has 3 heteroatoms. The molecule has 1 aromatic carbocycles. The lowest BCUT2D eigenvalue weighted by Crippen LogP contribution is -2.25. The zero-order valence-electron chi connectivity index (χ0n) is 10.2. The van der Waals surface area contributed by atoms with E-state index in [1.807, 2.05) is 0 Å². The van der Waals surface area contributed by atoms with E-state index in [-0.39, 0.29) is 5.91 Å². The predicted molar refractivity (Wildman–Crippen MR) is 69.9 cm³/mol. The summed E-state index contributed by atoms with van der Waals surface area (Å²) in [7, 11) is 0. The van der Waals surface area contributed by atoms with Gasteiger partial charge in [0, 0.05) is 11.4 Å². The normalized spacial score (nSPS) is 10.2. The molecule has 0 saturated heterocycles. The molecule has 1 rings (SSSR count). The lowest BCUT2D eigenvalue weighted by molar-refractivity contribution is -0.118. The highest BCUT2D eigenvalue weighted by atomic mass is 32.2. The molecule has 1 N–H and O–H groups in total. The van der Waals surface area contributed by atoms with Gasteiger partial charge < -0.3 is 5.32 Å². The zero-order valence-corrected chi connectivity index (χ0v) is 11.0. The van der Waals surface area contributed by atoms with Crippen molar-refractivity contribution in [1.29, 1.82) is 0 Å². The second kappa shape index (κ2) is 6.59. The molecule has 0 bridgehead atoms. The van der Waals surface area contributed by atoms with E-state index in [9.17, 15) is 4.79 Å². The quantitative estimate of drug-likeness (QED) is 0.798. The monoisotopic (exact) mass is 237 g/mol. The van der Waals surface area contributed by atoms with Crippen molar-refractivity contribution < 1.29 is 4.79 Å². The molecule has 1 amide bonds. The molecule has 0 aliphatic rings. The third-order valence-corrected chi connectivity index (χ3v) is 3.43. The fourth-order valence-electron chi connectivity index (χ4n) is 1.32. The lowest BCUT2D eigenvalue weighted by atomic mass is 10.2. The first kappa shape index (κ1) is 13.1. The average Bonchev–Trinajstić information content (AvgIpc) is 2.27. The van der Waals surface area contributed by atoms with Crippen LogP contribution in [0.3, 0.4) is 0 Å². The zero-order chi connectivity index (χ0) is 12.0. The summed E-state index contributed by atoms with van der Waals surface area (Å²) in [6.45, 7) is 6.97. The summed E-state index contributed by atoms with van der Waals surface area (Å²) in [6.07, 6.45) is 0.986.